The molecule has 1 N–H and O–H groups in total. The van der Waals surface area contributed by atoms with Crippen molar-refractivity contribution in [2.45, 2.75) is 12.8 Å². The summed E-state index contributed by atoms with van der Waals surface area (Å²) in [5.41, 5.74) is 0. The number of hydrogen-bond acceptors (Lipinski definition) is 4. The predicted octanol–water partition coefficient (Wildman–Crippen LogP) is 2.15. The summed E-state index contributed by atoms with van der Waals surface area (Å²) < 4.78 is 28.5. The standard InChI is InChI=1S/C14H19ClO4S/c15-13-3-1-2-4-14(13)19-10-12(9-16)11-5-7-20(17,18)8-6-11/h1-4,11-12,16H,5-10H2. The maximum absolute atomic E-state index is 11.4. The Hall–Kier alpha value is -0.780. The van der Waals surface area contributed by atoms with Gasteiger partial charge in [0.15, 0.2) is 0 Å². The molecule has 1 saturated heterocycles. The van der Waals surface area contributed by atoms with Gasteiger partial charge >= 0.3 is 0 Å². The lowest BCUT2D eigenvalue weighted by atomic mass is 9.88. The van der Waals surface area contributed by atoms with Crippen LogP contribution in [0.25, 0.3) is 0 Å². The number of aliphatic hydroxyl groups is 1. The molecule has 112 valence electrons. The third kappa shape index (κ3) is 4.11. The van der Waals surface area contributed by atoms with E-state index in [-0.39, 0.29) is 29.9 Å². The van der Waals surface area contributed by atoms with Crippen molar-refractivity contribution in [3.05, 3.63) is 29.3 Å². The molecule has 1 atom stereocenters. The molecule has 1 aliphatic rings. The minimum absolute atomic E-state index is 0.00479. The van der Waals surface area contributed by atoms with Crippen LogP contribution in [0.2, 0.25) is 5.02 Å². The van der Waals surface area contributed by atoms with Gasteiger partial charge in [0.2, 0.25) is 0 Å². The second-order valence-corrected chi connectivity index (χ2v) is 7.88. The maximum Gasteiger partial charge on any atom is 0.150 e. The average molecular weight is 319 g/mol. The lowest BCUT2D eigenvalue weighted by molar-refractivity contribution is 0.112. The average Bonchev–Trinajstić information content (AvgIpc) is 2.42. The highest BCUT2D eigenvalue weighted by molar-refractivity contribution is 7.91. The minimum atomic E-state index is -2.87. The topological polar surface area (TPSA) is 63.6 Å². The number of sulfone groups is 1. The number of rotatable bonds is 5. The predicted molar refractivity (Wildman–Crippen MR) is 78.9 cm³/mol. The van der Waals surface area contributed by atoms with E-state index in [1.165, 1.54) is 0 Å². The number of aliphatic hydroxyl groups excluding tert-OH is 1. The fourth-order valence-corrected chi connectivity index (χ4v) is 4.19. The van der Waals surface area contributed by atoms with E-state index in [4.69, 9.17) is 16.3 Å². The van der Waals surface area contributed by atoms with E-state index in [2.05, 4.69) is 0 Å². The molecule has 0 amide bonds. The lowest BCUT2D eigenvalue weighted by Crippen LogP contribution is -2.32. The van der Waals surface area contributed by atoms with E-state index in [0.29, 0.717) is 30.2 Å². The van der Waals surface area contributed by atoms with Gasteiger partial charge in [-0.05, 0) is 30.9 Å². The molecule has 0 aliphatic carbocycles. The van der Waals surface area contributed by atoms with Crippen LogP contribution in [0.15, 0.2) is 24.3 Å². The van der Waals surface area contributed by atoms with Crippen molar-refractivity contribution in [2.75, 3.05) is 24.7 Å². The van der Waals surface area contributed by atoms with Gasteiger partial charge in [-0.2, -0.15) is 0 Å². The smallest absolute Gasteiger partial charge is 0.150 e. The molecule has 1 aliphatic heterocycles. The molecule has 2 rings (SSSR count). The Bertz CT molecular complexity index is 530. The number of para-hydroxylation sites is 1. The highest BCUT2D eigenvalue weighted by Gasteiger charge is 2.29. The Kier molecular flexibility index (Phi) is 5.29. The van der Waals surface area contributed by atoms with Crippen molar-refractivity contribution in [1.29, 1.82) is 0 Å². The highest BCUT2D eigenvalue weighted by Crippen LogP contribution is 2.28. The lowest BCUT2D eigenvalue weighted by Gasteiger charge is -2.28. The number of benzene rings is 1. The molecule has 1 unspecified atom stereocenters. The molecule has 20 heavy (non-hydrogen) atoms. The number of halogens is 1. The van der Waals surface area contributed by atoms with Gasteiger partial charge in [0.05, 0.1) is 23.1 Å². The molecule has 0 radical (unpaired) electrons. The van der Waals surface area contributed by atoms with Crippen LogP contribution in [-0.2, 0) is 9.84 Å². The Labute approximate surface area is 124 Å². The normalized spacial score (nSPS) is 20.5. The molecule has 1 aromatic rings. The van der Waals surface area contributed by atoms with Crippen molar-refractivity contribution in [2.24, 2.45) is 11.8 Å². The molecule has 1 aromatic carbocycles. The highest BCUT2D eigenvalue weighted by atomic mass is 35.5. The molecule has 4 nitrogen and oxygen atoms in total. The summed E-state index contributed by atoms with van der Waals surface area (Å²) in [6.07, 6.45) is 1.19. The maximum atomic E-state index is 11.4. The van der Waals surface area contributed by atoms with Crippen LogP contribution in [0.5, 0.6) is 5.75 Å². The van der Waals surface area contributed by atoms with Gasteiger partial charge in [-0.25, -0.2) is 8.42 Å². The summed E-state index contributed by atoms with van der Waals surface area (Å²) in [6.45, 7) is 0.347. The van der Waals surface area contributed by atoms with Gasteiger partial charge in [-0.1, -0.05) is 23.7 Å². The molecular weight excluding hydrogens is 300 g/mol. The summed E-state index contributed by atoms with van der Waals surface area (Å²) in [4.78, 5) is 0. The molecule has 6 heteroatoms. The Morgan fingerprint density at radius 1 is 1.30 bits per heavy atom. The van der Waals surface area contributed by atoms with Crippen LogP contribution >= 0.6 is 11.6 Å². The van der Waals surface area contributed by atoms with E-state index in [1.807, 2.05) is 12.1 Å². The molecule has 0 bridgehead atoms. The van der Waals surface area contributed by atoms with Gasteiger partial charge in [-0.3, -0.25) is 0 Å². The summed E-state index contributed by atoms with van der Waals surface area (Å²) in [5.74, 6) is 1.14. The van der Waals surface area contributed by atoms with Crippen LogP contribution in [0, 0.1) is 11.8 Å². The van der Waals surface area contributed by atoms with E-state index in [9.17, 15) is 13.5 Å². The van der Waals surface area contributed by atoms with Gasteiger partial charge in [0.25, 0.3) is 0 Å². The van der Waals surface area contributed by atoms with Crippen LogP contribution in [0.1, 0.15) is 12.8 Å². The summed E-state index contributed by atoms with van der Waals surface area (Å²) >= 11 is 6.01. The SMILES string of the molecule is O=S1(=O)CCC(C(CO)COc2ccccc2Cl)CC1. The number of ether oxygens (including phenoxy) is 1. The monoisotopic (exact) mass is 318 g/mol. The van der Waals surface area contributed by atoms with E-state index in [0.717, 1.165) is 0 Å². The van der Waals surface area contributed by atoms with Gasteiger partial charge in [0, 0.05) is 12.5 Å². The fourth-order valence-electron chi connectivity index (χ4n) is 2.48. The second-order valence-electron chi connectivity index (χ2n) is 5.17. The number of hydrogen-bond donors (Lipinski definition) is 1. The zero-order chi connectivity index (χ0) is 14.6. The van der Waals surface area contributed by atoms with E-state index < -0.39 is 9.84 Å². The minimum Gasteiger partial charge on any atom is -0.492 e. The first-order valence-corrected chi connectivity index (χ1v) is 8.90. The summed E-state index contributed by atoms with van der Waals surface area (Å²) in [7, 11) is -2.87. The zero-order valence-electron chi connectivity index (χ0n) is 11.2. The molecule has 1 heterocycles. The van der Waals surface area contributed by atoms with Gasteiger partial charge < -0.3 is 9.84 Å². The Balaban J connectivity index is 1.92. The molecule has 0 saturated carbocycles. The van der Waals surface area contributed by atoms with Gasteiger partial charge in [0.1, 0.15) is 15.6 Å². The quantitative estimate of drug-likeness (QED) is 0.903. The molecule has 0 spiro atoms. The van der Waals surface area contributed by atoms with Gasteiger partial charge in [-0.15, -0.1) is 0 Å². The van der Waals surface area contributed by atoms with Crippen LogP contribution in [0.4, 0.5) is 0 Å². The van der Waals surface area contributed by atoms with Crippen LogP contribution in [0.3, 0.4) is 0 Å². The first-order valence-electron chi connectivity index (χ1n) is 6.70. The molecule has 1 fully saturated rings. The Morgan fingerprint density at radius 2 is 1.95 bits per heavy atom. The van der Waals surface area contributed by atoms with E-state index in [1.54, 1.807) is 12.1 Å². The second kappa shape index (κ2) is 6.78. The third-order valence-corrected chi connectivity index (χ3v) is 5.82. The Morgan fingerprint density at radius 3 is 2.55 bits per heavy atom. The van der Waals surface area contributed by atoms with Crippen LogP contribution < -0.4 is 4.74 Å². The van der Waals surface area contributed by atoms with Crippen molar-refractivity contribution >= 4 is 21.4 Å². The third-order valence-electron chi connectivity index (χ3n) is 3.79. The zero-order valence-corrected chi connectivity index (χ0v) is 12.7. The van der Waals surface area contributed by atoms with Crippen LogP contribution in [-0.4, -0.2) is 38.2 Å². The molecule has 0 aromatic heterocycles. The largest absolute Gasteiger partial charge is 0.492 e. The van der Waals surface area contributed by atoms with Crippen molar-refractivity contribution in [3.8, 4) is 5.75 Å². The fraction of sp³-hybridized carbons (Fsp3) is 0.571. The first-order chi connectivity index (χ1) is 9.52. The molecular formula is C14H19ClO4S. The first kappa shape index (κ1) is 15.6. The van der Waals surface area contributed by atoms with E-state index >= 15 is 0 Å². The van der Waals surface area contributed by atoms with Crippen molar-refractivity contribution in [3.63, 3.8) is 0 Å². The summed E-state index contributed by atoms with van der Waals surface area (Å²) in [5, 5.41) is 10.0. The summed E-state index contributed by atoms with van der Waals surface area (Å²) in [6, 6.07) is 7.19. The van der Waals surface area contributed by atoms with Crippen molar-refractivity contribution in [1.82, 2.24) is 0 Å². The van der Waals surface area contributed by atoms with Crippen molar-refractivity contribution < 1.29 is 18.3 Å².